The second-order valence-electron chi connectivity index (χ2n) is 3.76. The van der Waals surface area contributed by atoms with Gasteiger partial charge in [0.25, 0.3) is 0 Å². The zero-order valence-electron chi connectivity index (χ0n) is 10.3. The fraction of sp³-hybridized carbons (Fsp3) is 0.538. The molecule has 4 heteroatoms. The summed E-state index contributed by atoms with van der Waals surface area (Å²) in [6, 6.07) is 4.49. The maximum absolute atomic E-state index is 13.2. The van der Waals surface area contributed by atoms with Crippen molar-refractivity contribution in [2.75, 3.05) is 19.8 Å². The highest BCUT2D eigenvalue weighted by Gasteiger charge is 2.14. The van der Waals surface area contributed by atoms with Crippen LogP contribution in [0, 0.1) is 5.82 Å². The highest BCUT2D eigenvalue weighted by Crippen LogP contribution is 2.26. The molecule has 1 N–H and O–H groups in total. The van der Waals surface area contributed by atoms with Crippen molar-refractivity contribution in [3.63, 3.8) is 0 Å². The van der Waals surface area contributed by atoms with Crippen LogP contribution in [0.5, 0.6) is 0 Å². The normalized spacial score (nSPS) is 12.7. The fourth-order valence-corrected chi connectivity index (χ4v) is 1.99. The van der Waals surface area contributed by atoms with Crippen LogP contribution in [-0.2, 0) is 4.74 Å². The van der Waals surface area contributed by atoms with Gasteiger partial charge in [0.05, 0.1) is 0 Å². The van der Waals surface area contributed by atoms with Crippen molar-refractivity contribution in [3.8, 4) is 0 Å². The lowest BCUT2D eigenvalue weighted by molar-refractivity contribution is 0.136. The molecule has 0 bridgehead atoms. The zero-order valence-corrected chi connectivity index (χ0v) is 11.1. The molecule has 1 unspecified atom stereocenters. The van der Waals surface area contributed by atoms with E-state index < -0.39 is 0 Å². The molecule has 0 aliphatic heterocycles. The van der Waals surface area contributed by atoms with Gasteiger partial charge in [-0.2, -0.15) is 0 Å². The fourth-order valence-electron chi connectivity index (χ4n) is 1.74. The number of benzene rings is 1. The van der Waals surface area contributed by atoms with Crippen LogP contribution in [0.25, 0.3) is 0 Å². The second-order valence-corrected chi connectivity index (χ2v) is 4.17. The van der Waals surface area contributed by atoms with E-state index in [0.717, 1.165) is 18.5 Å². The summed E-state index contributed by atoms with van der Waals surface area (Å²) >= 11 is 6.09. The van der Waals surface area contributed by atoms with Gasteiger partial charge < -0.3 is 10.1 Å². The van der Waals surface area contributed by atoms with E-state index in [-0.39, 0.29) is 11.9 Å². The molecular weight excluding hydrogens is 241 g/mol. The van der Waals surface area contributed by atoms with Crippen LogP contribution in [0.2, 0.25) is 5.02 Å². The summed E-state index contributed by atoms with van der Waals surface area (Å²) in [6.45, 7) is 6.11. The van der Waals surface area contributed by atoms with E-state index in [4.69, 9.17) is 16.3 Å². The van der Waals surface area contributed by atoms with Gasteiger partial charge in [-0.15, -0.1) is 0 Å². The lowest BCUT2D eigenvalue weighted by atomic mass is 10.0. The van der Waals surface area contributed by atoms with Gasteiger partial charge in [-0.05, 0) is 43.7 Å². The summed E-state index contributed by atoms with van der Waals surface area (Å²) in [5.41, 5.74) is 0.799. The van der Waals surface area contributed by atoms with Gasteiger partial charge in [0, 0.05) is 24.3 Å². The Balaban J connectivity index is 2.77. The van der Waals surface area contributed by atoms with Gasteiger partial charge in [-0.25, -0.2) is 4.39 Å². The van der Waals surface area contributed by atoms with Crippen molar-refractivity contribution in [1.82, 2.24) is 5.32 Å². The summed E-state index contributed by atoms with van der Waals surface area (Å²) in [5.74, 6) is -0.260. The number of ether oxygens (including phenoxy) is 1. The van der Waals surface area contributed by atoms with E-state index in [1.54, 1.807) is 6.07 Å². The first kappa shape index (κ1) is 14.4. The molecule has 17 heavy (non-hydrogen) atoms. The molecule has 0 fully saturated rings. The summed E-state index contributed by atoms with van der Waals surface area (Å²) in [6.07, 6.45) is 0.783. The number of halogens is 2. The monoisotopic (exact) mass is 259 g/mol. The minimum atomic E-state index is -0.260. The molecule has 0 aliphatic carbocycles. The molecule has 2 nitrogen and oxygen atoms in total. The molecule has 0 heterocycles. The molecule has 0 spiro atoms. The number of nitrogens with one attached hydrogen (secondary N) is 1. The van der Waals surface area contributed by atoms with E-state index in [1.807, 2.05) is 13.8 Å². The molecule has 1 atom stereocenters. The van der Waals surface area contributed by atoms with Crippen LogP contribution >= 0.6 is 11.6 Å². The number of hydrogen-bond donors (Lipinski definition) is 1. The minimum Gasteiger partial charge on any atom is -0.382 e. The van der Waals surface area contributed by atoms with Gasteiger partial charge in [-0.1, -0.05) is 18.5 Å². The molecule has 1 aromatic rings. The molecular formula is C13H19ClFNO. The van der Waals surface area contributed by atoms with Crippen LogP contribution in [0.3, 0.4) is 0 Å². The molecule has 1 rings (SSSR count). The maximum atomic E-state index is 13.2. The molecule has 0 radical (unpaired) electrons. The molecule has 0 aromatic heterocycles. The molecule has 0 saturated carbocycles. The van der Waals surface area contributed by atoms with Gasteiger partial charge in [0.1, 0.15) is 5.82 Å². The predicted octanol–water partition coefficient (Wildman–Crippen LogP) is 3.56. The van der Waals surface area contributed by atoms with E-state index >= 15 is 0 Å². The number of hydrogen-bond acceptors (Lipinski definition) is 2. The first-order valence-corrected chi connectivity index (χ1v) is 6.32. The quantitative estimate of drug-likeness (QED) is 0.756. The Labute approximate surface area is 107 Å². The highest BCUT2D eigenvalue weighted by molar-refractivity contribution is 6.31. The molecule has 1 aromatic carbocycles. The van der Waals surface area contributed by atoms with E-state index in [1.165, 1.54) is 12.1 Å². The second kappa shape index (κ2) is 7.64. The van der Waals surface area contributed by atoms with E-state index in [9.17, 15) is 4.39 Å². The van der Waals surface area contributed by atoms with Crippen molar-refractivity contribution in [3.05, 3.63) is 34.6 Å². The average molecular weight is 260 g/mol. The van der Waals surface area contributed by atoms with Gasteiger partial charge in [0.2, 0.25) is 0 Å². The van der Waals surface area contributed by atoms with E-state index in [0.29, 0.717) is 18.2 Å². The summed E-state index contributed by atoms with van der Waals surface area (Å²) < 4.78 is 18.5. The van der Waals surface area contributed by atoms with Crippen molar-refractivity contribution in [2.24, 2.45) is 0 Å². The third kappa shape index (κ3) is 4.62. The zero-order chi connectivity index (χ0) is 12.7. The van der Waals surface area contributed by atoms with Crippen molar-refractivity contribution in [1.29, 1.82) is 0 Å². The molecule has 96 valence electrons. The van der Waals surface area contributed by atoms with Gasteiger partial charge >= 0.3 is 0 Å². The molecule has 0 saturated heterocycles. The highest BCUT2D eigenvalue weighted by atomic mass is 35.5. The standard InChI is InChI=1S/C13H19ClFNO/c1-3-16-13(7-8-17-4-2)11-9-10(15)5-6-12(11)14/h5-6,9,13,16H,3-4,7-8H2,1-2H3. The Hall–Kier alpha value is -0.640. The van der Waals surface area contributed by atoms with Gasteiger partial charge in [-0.3, -0.25) is 0 Å². The van der Waals surface area contributed by atoms with E-state index in [2.05, 4.69) is 5.32 Å². The lowest BCUT2D eigenvalue weighted by Gasteiger charge is -2.19. The van der Waals surface area contributed by atoms with Crippen LogP contribution in [0.15, 0.2) is 18.2 Å². The Morgan fingerprint density at radius 3 is 2.82 bits per heavy atom. The number of rotatable bonds is 7. The van der Waals surface area contributed by atoms with Crippen molar-refractivity contribution >= 4 is 11.6 Å². The SMILES string of the molecule is CCNC(CCOCC)c1cc(F)ccc1Cl. The first-order valence-electron chi connectivity index (χ1n) is 5.95. The first-order chi connectivity index (χ1) is 8.19. The predicted molar refractivity (Wildman–Crippen MR) is 68.9 cm³/mol. The average Bonchev–Trinajstić information content (AvgIpc) is 2.32. The third-order valence-electron chi connectivity index (χ3n) is 2.54. The summed E-state index contributed by atoms with van der Waals surface area (Å²) in [7, 11) is 0. The Morgan fingerprint density at radius 1 is 1.41 bits per heavy atom. The maximum Gasteiger partial charge on any atom is 0.123 e. The van der Waals surface area contributed by atoms with Crippen LogP contribution in [0.4, 0.5) is 4.39 Å². The van der Waals surface area contributed by atoms with Crippen LogP contribution < -0.4 is 5.32 Å². The third-order valence-corrected chi connectivity index (χ3v) is 2.88. The Bertz CT molecular complexity index is 346. The van der Waals surface area contributed by atoms with Crippen LogP contribution in [-0.4, -0.2) is 19.8 Å². The topological polar surface area (TPSA) is 21.3 Å². The molecule has 0 aliphatic rings. The van der Waals surface area contributed by atoms with Gasteiger partial charge in [0.15, 0.2) is 0 Å². The lowest BCUT2D eigenvalue weighted by Crippen LogP contribution is -2.22. The minimum absolute atomic E-state index is 0.0368. The largest absolute Gasteiger partial charge is 0.382 e. The van der Waals surface area contributed by atoms with Crippen molar-refractivity contribution < 1.29 is 9.13 Å². The Kier molecular flexibility index (Phi) is 6.48. The van der Waals surface area contributed by atoms with Crippen molar-refractivity contribution in [2.45, 2.75) is 26.3 Å². The smallest absolute Gasteiger partial charge is 0.123 e. The molecule has 0 amide bonds. The summed E-state index contributed by atoms with van der Waals surface area (Å²) in [5, 5.41) is 3.89. The Morgan fingerprint density at radius 2 is 2.18 bits per heavy atom. The summed E-state index contributed by atoms with van der Waals surface area (Å²) in [4.78, 5) is 0. The van der Waals surface area contributed by atoms with Crippen LogP contribution in [0.1, 0.15) is 31.9 Å².